The van der Waals surface area contributed by atoms with Gasteiger partial charge in [0.05, 0.1) is 13.2 Å². The lowest BCUT2D eigenvalue weighted by Crippen LogP contribution is -2.49. The van der Waals surface area contributed by atoms with Crippen LogP contribution in [0.1, 0.15) is 44.9 Å². The van der Waals surface area contributed by atoms with Crippen LogP contribution < -0.4 is 10.6 Å². The minimum atomic E-state index is -0.0482. The van der Waals surface area contributed by atoms with Gasteiger partial charge in [0.1, 0.15) is 0 Å². The summed E-state index contributed by atoms with van der Waals surface area (Å²) in [7, 11) is 1.71. The standard InChI is InChI=1S/C17H31N3O3.ClH/c1-23-14-17(7-9-18-10-8-17)13-19-15(21)12-20-11-5-3-2-4-6-16(20)22;/h18H,2-14H2,1H3,(H,19,21);1H. The lowest BCUT2D eigenvalue weighted by molar-refractivity contribution is -0.136. The van der Waals surface area contributed by atoms with Crippen LogP contribution >= 0.6 is 12.4 Å². The Morgan fingerprint density at radius 2 is 1.96 bits per heavy atom. The van der Waals surface area contributed by atoms with Gasteiger partial charge in [-0.1, -0.05) is 12.8 Å². The van der Waals surface area contributed by atoms with Crippen LogP contribution in [0, 0.1) is 5.41 Å². The Hall–Kier alpha value is -0.850. The fourth-order valence-corrected chi connectivity index (χ4v) is 3.53. The number of hydrogen-bond donors (Lipinski definition) is 2. The number of rotatable bonds is 6. The molecule has 0 unspecified atom stereocenters. The quantitative estimate of drug-likeness (QED) is 0.748. The molecule has 0 aromatic rings. The third-order valence-electron chi connectivity index (χ3n) is 5.03. The number of ether oxygens (including phenoxy) is 1. The molecule has 0 aliphatic carbocycles. The summed E-state index contributed by atoms with van der Waals surface area (Å²) < 4.78 is 5.37. The van der Waals surface area contributed by atoms with E-state index in [1.807, 2.05) is 0 Å². The zero-order valence-electron chi connectivity index (χ0n) is 14.8. The number of nitrogens with one attached hydrogen (secondary N) is 2. The van der Waals surface area contributed by atoms with Crippen molar-refractivity contribution in [3.05, 3.63) is 0 Å². The van der Waals surface area contributed by atoms with Gasteiger partial charge in [-0.25, -0.2) is 0 Å². The molecule has 24 heavy (non-hydrogen) atoms. The largest absolute Gasteiger partial charge is 0.384 e. The summed E-state index contributed by atoms with van der Waals surface area (Å²) in [5.41, 5.74) is 0.0237. The van der Waals surface area contributed by atoms with Gasteiger partial charge in [0.15, 0.2) is 0 Å². The van der Waals surface area contributed by atoms with E-state index in [1.165, 1.54) is 0 Å². The second-order valence-corrected chi connectivity index (χ2v) is 6.94. The summed E-state index contributed by atoms with van der Waals surface area (Å²) in [6, 6.07) is 0. The van der Waals surface area contributed by atoms with Crippen LogP contribution in [0.5, 0.6) is 0 Å². The molecular weight excluding hydrogens is 330 g/mol. The number of amides is 2. The maximum absolute atomic E-state index is 12.3. The van der Waals surface area contributed by atoms with Gasteiger partial charge in [-0.3, -0.25) is 9.59 Å². The van der Waals surface area contributed by atoms with Crippen LogP contribution in [0.25, 0.3) is 0 Å². The van der Waals surface area contributed by atoms with Gasteiger partial charge in [-0.15, -0.1) is 12.4 Å². The molecule has 2 amide bonds. The van der Waals surface area contributed by atoms with Gasteiger partial charge < -0.3 is 20.3 Å². The number of carbonyl (C=O) groups excluding carboxylic acids is 2. The van der Waals surface area contributed by atoms with Crippen molar-refractivity contribution in [2.75, 3.05) is 46.4 Å². The molecule has 0 aromatic heterocycles. The number of methoxy groups -OCH3 is 1. The first-order valence-corrected chi connectivity index (χ1v) is 8.89. The zero-order chi connectivity index (χ0) is 16.5. The minimum absolute atomic E-state index is 0. The van der Waals surface area contributed by atoms with Gasteiger partial charge in [-0.05, 0) is 38.8 Å². The predicted molar refractivity (Wildman–Crippen MR) is 96.3 cm³/mol. The highest BCUT2D eigenvalue weighted by Crippen LogP contribution is 2.28. The number of carbonyl (C=O) groups is 2. The Morgan fingerprint density at radius 3 is 2.67 bits per heavy atom. The van der Waals surface area contributed by atoms with Crippen LogP contribution in [0.4, 0.5) is 0 Å². The van der Waals surface area contributed by atoms with Crippen molar-refractivity contribution in [2.45, 2.75) is 44.9 Å². The lowest BCUT2D eigenvalue weighted by atomic mass is 9.79. The van der Waals surface area contributed by atoms with E-state index in [0.717, 1.165) is 51.6 Å². The summed E-state index contributed by atoms with van der Waals surface area (Å²) in [6.45, 7) is 4.12. The third kappa shape index (κ3) is 6.57. The molecule has 0 atom stereocenters. The Labute approximate surface area is 151 Å². The van der Waals surface area contributed by atoms with E-state index < -0.39 is 0 Å². The van der Waals surface area contributed by atoms with Crippen molar-refractivity contribution < 1.29 is 14.3 Å². The maximum Gasteiger partial charge on any atom is 0.239 e. The molecule has 2 fully saturated rings. The monoisotopic (exact) mass is 361 g/mol. The Kier molecular flexibility index (Phi) is 9.63. The van der Waals surface area contributed by atoms with E-state index in [9.17, 15) is 9.59 Å². The topological polar surface area (TPSA) is 70.7 Å². The number of hydrogen-bond acceptors (Lipinski definition) is 4. The van der Waals surface area contributed by atoms with Crippen molar-refractivity contribution >= 4 is 24.2 Å². The SMILES string of the molecule is COCC1(CNC(=O)CN2CCCCCCC2=O)CCNCC1.Cl. The molecule has 6 nitrogen and oxygen atoms in total. The molecule has 0 aromatic carbocycles. The molecule has 2 saturated heterocycles. The number of nitrogens with zero attached hydrogens (tertiary/aromatic N) is 1. The fraction of sp³-hybridized carbons (Fsp3) is 0.882. The third-order valence-corrected chi connectivity index (χ3v) is 5.03. The molecule has 0 spiro atoms. The molecule has 2 aliphatic heterocycles. The normalized spacial score (nSPS) is 21.4. The predicted octanol–water partition coefficient (Wildman–Crippen LogP) is 1.33. The van der Waals surface area contributed by atoms with Gasteiger partial charge >= 0.3 is 0 Å². The van der Waals surface area contributed by atoms with Crippen molar-refractivity contribution in [2.24, 2.45) is 5.41 Å². The summed E-state index contributed by atoms with van der Waals surface area (Å²) in [5.74, 6) is 0.0706. The summed E-state index contributed by atoms with van der Waals surface area (Å²) in [6.07, 6.45) is 6.80. The molecule has 140 valence electrons. The van der Waals surface area contributed by atoms with Crippen LogP contribution in [0.3, 0.4) is 0 Å². The van der Waals surface area contributed by atoms with E-state index in [1.54, 1.807) is 12.0 Å². The van der Waals surface area contributed by atoms with E-state index in [2.05, 4.69) is 10.6 Å². The number of halogens is 1. The average Bonchev–Trinajstić information content (AvgIpc) is 2.54. The molecule has 0 radical (unpaired) electrons. The Bertz CT molecular complexity index is 395. The molecule has 7 heteroatoms. The van der Waals surface area contributed by atoms with Crippen LogP contribution in [-0.2, 0) is 14.3 Å². The summed E-state index contributed by atoms with van der Waals surface area (Å²) in [4.78, 5) is 26.1. The van der Waals surface area contributed by atoms with Gasteiger partial charge in [-0.2, -0.15) is 0 Å². The molecule has 0 bridgehead atoms. The van der Waals surface area contributed by atoms with Crippen LogP contribution in [0.15, 0.2) is 0 Å². The van der Waals surface area contributed by atoms with Crippen molar-refractivity contribution in [1.29, 1.82) is 0 Å². The highest BCUT2D eigenvalue weighted by atomic mass is 35.5. The van der Waals surface area contributed by atoms with E-state index in [4.69, 9.17) is 4.74 Å². The van der Waals surface area contributed by atoms with Crippen molar-refractivity contribution in [1.82, 2.24) is 15.5 Å². The number of piperidine rings is 1. The molecule has 2 rings (SSSR count). The first-order chi connectivity index (χ1) is 11.2. The second kappa shape index (κ2) is 10.9. The van der Waals surface area contributed by atoms with E-state index in [0.29, 0.717) is 26.1 Å². The Balaban J connectivity index is 0.00000288. The zero-order valence-corrected chi connectivity index (χ0v) is 15.6. The molecule has 0 saturated carbocycles. The first kappa shape index (κ1) is 21.2. The average molecular weight is 362 g/mol. The maximum atomic E-state index is 12.3. The highest BCUT2D eigenvalue weighted by molar-refractivity contribution is 5.85. The first-order valence-electron chi connectivity index (χ1n) is 8.89. The number of likely N-dealkylation sites (tertiary alicyclic amines) is 1. The fourth-order valence-electron chi connectivity index (χ4n) is 3.53. The van der Waals surface area contributed by atoms with Gasteiger partial charge in [0.2, 0.25) is 11.8 Å². The van der Waals surface area contributed by atoms with E-state index >= 15 is 0 Å². The van der Waals surface area contributed by atoms with Gasteiger partial charge in [0.25, 0.3) is 0 Å². The van der Waals surface area contributed by atoms with Crippen molar-refractivity contribution in [3.63, 3.8) is 0 Å². The van der Waals surface area contributed by atoms with Crippen molar-refractivity contribution in [3.8, 4) is 0 Å². The van der Waals surface area contributed by atoms with Gasteiger partial charge in [0, 0.05) is 32.0 Å². The Morgan fingerprint density at radius 1 is 1.25 bits per heavy atom. The summed E-state index contributed by atoms with van der Waals surface area (Å²) in [5, 5.41) is 6.39. The molecular formula is C17H32ClN3O3. The minimum Gasteiger partial charge on any atom is -0.384 e. The molecule has 2 heterocycles. The second-order valence-electron chi connectivity index (χ2n) is 6.94. The highest BCUT2D eigenvalue weighted by Gasteiger charge is 2.32. The van der Waals surface area contributed by atoms with Crippen LogP contribution in [-0.4, -0.2) is 63.2 Å². The smallest absolute Gasteiger partial charge is 0.239 e. The van der Waals surface area contributed by atoms with E-state index in [-0.39, 0.29) is 36.2 Å². The summed E-state index contributed by atoms with van der Waals surface area (Å²) >= 11 is 0. The molecule has 2 aliphatic rings. The van der Waals surface area contributed by atoms with Crippen LogP contribution in [0.2, 0.25) is 0 Å². The molecule has 2 N–H and O–H groups in total. The lowest BCUT2D eigenvalue weighted by Gasteiger charge is -2.37.